The standard InChI is InChI=1S/C36H45NO7/c1-5-41-32(38)22-21-30-33(42-24-28-17-11-7-12-18-28)34(43-25-29-19-13-8-14-20-29)31(37(30)35(39)44-36(2,3)4)26-40-23-27-15-9-6-10-16-27/h6-20,30-31,33-34H,5,21-26H2,1-4H3/t30-,31-,33-,34-/m1/s1. The zero-order valence-electron chi connectivity index (χ0n) is 26.2. The van der Waals surface area contributed by atoms with Gasteiger partial charge in [0, 0.05) is 6.42 Å². The maximum Gasteiger partial charge on any atom is 0.411 e. The van der Waals surface area contributed by atoms with E-state index in [0.717, 1.165) is 16.7 Å². The van der Waals surface area contributed by atoms with Crippen LogP contribution >= 0.6 is 0 Å². The van der Waals surface area contributed by atoms with Crippen LogP contribution in [0.4, 0.5) is 4.79 Å². The van der Waals surface area contributed by atoms with Crippen LogP contribution in [0.5, 0.6) is 0 Å². The first-order chi connectivity index (χ1) is 21.2. The number of amides is 1. The van der Waals surface area contributed by atoms with Crippen LogP contribution in [-0.4, -0.2) is 60.1 Å². The third kappa shape index (κ3) is 9.91. The van der Waals surface area contributed by atoms with Gasteiger partial charge in [0.1, 0.15) is 17.8 Å². The quantitative estimate of drug-likeness (QED) is 0.190. The highest BCUT2D eigenvalue weighted by atomic mass is 16.6. The van der Waals surface area contributed by atoms with Crippen molar-refractivity contribution >= 4 is 12.1 Å². The van der Waals surface area contributed by atoms with Crippen molar-refractivity contribution in [3.63, 3.8) is 0 Å². The zero-order chi connectivity index (χ0) is 31.4. The predicted molar refractivity (Wildman–Crippen MR) is 168 cm³/mol. The minimum Gasteiger partial charge on any atom is -0.466 e. The molecular weight excluding hydrogens is 558 g/mol. The second-order valence-corrected chi connectivity index (χ2v) is 11.9. The SMILES string of the molecule is CCOC(=O)CC[C@@H]1[C@@H](OCc2ccccc2)[C@H](OCc2ccccc2)[C@@H](COCc2ccccc2)N1C(=O)OC(C)(C)C. The van der Waals surface area contributed by atoms with Crippen molar-refractivity contribution in [3.8, 4) is 0 Å². The Morgan fingerprint density at radius 2 is 1.18 bits per heavy atom. The van der Waals surface area contributed by atoms with Gasteiger partial charge in [0.05, 0.1) is 45.1 Å². The zero-order valence-corrected chi connectivity index (χ0v) is 26.2. The first-order valence-corrected chi connectivity index (χ1v) is 15.3. The van der Waals surface area contributed by atoms with E-state index in [2.05, 4.69) is 0 Å². The van der Waals surface area contributed by atoms with Crippen LogP contribution in [-0.2, 0) is 48.3 Å². The van der Waals surface area contributed by atoms with Crippen LogP contribution < -0.4 is 0 Å². The molecule has 0 aromatic heterocycles. The summed E-state index contributed by atoms with van der Waals surface area (Å²) in [6.45, 7) is 8.76. The van der Waals surface area contributed by atoms with E-state index >= 15 is 0 Å². The summed E-state index contributed by atoms with van der Waals surface area (Å²) in [5.41, 5.74) is 2.27. The highest BCUT2D eigenvalue weighted by Crippen LogP contribution is 2.36. The molecule has 0 unspecified atom stereocenters. The highest BCUT2D eigenvalue weighted by molar-refractivity contribution is 5.71. The number of ether oxygens (including phenoxy) is 5. The average molecular weight is 604 g/mol. The largest absolute Gasteiger partial charge is 0.466 e. The normalized spacial score (nSPS) is 20.0. The monoisotopic (exact) mass is 603 g/mol. The Hall–Kier alpha value is -3.72. The van der Waals surface area contributed by atoms with Crippen molar-refractivity contribution in [1.82, 2.24) is 4.90 Å². The molecule has 0 spiro atoms. The van der Waals surface area contributed by atoms with E-state index < -0.39 is 36.0 Å². The highest BCUT2D eigenvalue weighted by Gasteiger charge is 2.53. The van der Waals surface area contributed by atoms with Gasteiger partial charge in [-0.15, -0.1) is 0 Å². The first kappa shape index (κ1) is 33.2. The molecule has 1 heterocycles. The van der Waals surface area contributed by atoms with Gasteiger partial charge in [0.15, 0.2) is 0 Å². The minimum atomic E-state index is -0.735. The van der Waals surface area contributed by atoms with Gasteiger partial charge in [-0.3, -0.25) is 9.69 Å². The number of esters is 1. The number of rotatable bonds is 14. The van der Waals surface area contributed by atoms with E-state index in [1.807, 2.05) is 112 Å². The van der Waals surface area contributed by atoms with Crippen LogP contribution in [0, 0.1) is 0 Å². The number of carbonyl (C=O) groups is 2. The molecule has 1 aliphatic rings. The van der Waals surface area contributed by atoms with Crippen molar-refractivity contribution in [2.45, 2.75) is 90.2 Å². The van der Waals surface area contributed by atoms with E-state index in [9.17, 15) is 9.59 Å². The van der Waals surface area contributed by atoms with E-state index in [0.29, 0.717) is 26.2 Å². The summed E-state index contributed by atoms with van der Waals surface area (Å²) in [5, 5.41) is 0. The molecule has 3 aromatic carbocycles. The Morgan fingerprint density at radius 3 is 1.66 bits per heavy atom. The second-order valence-electron chi connectivity index (χ2n) is 11.9. The number of likely N-dealkylation sites (tertiary alicyclic amines) is 1. The molecular formula is C36H45NO7. The Morgan fingerprint density at radius 1 is 0.705 bits per heavy atom. The van der Waals surface area contributed by atoms with Gasteiger partial charge >= 0.3 is 12.1 Å². The lowest BCUT2D eigenvalue weighted by atomic mass is 10.0. The summed E-state index contributed by atoms with van der Waals surface area (Å²) in [6.07, 6.45) is -1.19. The molecule has 1 amide bonds. The van der Waals surface area contributed by atoms with Crippen molar-refractivity contribution in [3.05, 3.63) is 108 Å². The minimum absolute atomic E-state index is 0.117. The van der Waals surface area contributed by atoms with Crippen molar-refractivity contribution in [1.29, 1.82) is 0 Å². The first-order valence-electron chi connectivity index (χ1n) is 15.3. The Labute approximate surface area is 261 Å². The fourth-order valence-electron chi connectivity index (χ4n) is 5.38. The van der Waals surface area contributed by atoms with Crippen LogP contribution in [0.15, 0.2) is 91.0 Å². The van der Waals surface area contributed by atoms with Gasteiger partial charge in [-0.05, 0) is 50.8 Å². The summed E-state index contributed by atoms with van der Waals surface area (Å²) in [6, 6.07) is 28.6. The van der Waals surface area contributed by atoms with Crippen LogP contribution in [0.3, 0.4) is 0 Å². The molecule has 1 aliphatic heterocycles. The molecule has 4 rings (SSSR count). The molecule has 4 atom stereocenters. The Bertz CT molecular complexity index is 1280. The smallest absolute Gasteiger partial charge is 0.411 e. The lowest BCUT2D eigenvalue weighted by Crippen LogP contribution is -2.48. The van der Waals surface area contributed by atoms with Gasteiger partial charge in [0.2, 0.25) is 0 Å². The fraction of sp³-hybridized carbons (Fsp3) is 0.444. The molecule has 44 heavy (non-hydrogen) atoms. The summed E-state index contributed by atoms with van der Waals surface area (Å²) < 4.78 is 30.7. The lowest BCUT2D eigenvalue weighted by molar-refractivity contribution is -0.143. The molecule has 0 bridgehead atoms. The van der Waals surface area contributed by atoms with Gasteiger partial charge in [-0.2, -0.15) is 0 Å². The van der Waals surface area contributed by atoms with Gasteiger partial charge in [0.25, 0.3) is 0 Å². The number of nitrogens with zero attached hydrogens (tertiary/aromatic N) is 1. The topological polar surface area (TPSA) is 83.5 Å². The average Bonchev–Trinajstić information content (AvgIpc) is 3.30. The van der Waals surface area contributed by atoms with Gasteiger partial charge in [-0.1, -0.05) is 91.0 Å². The van der Waals surface area contributed by atoms with E-state index in [-0.39, 0.29) is 25.6 Å². The number of hydrogen-bond donors (Lipinski definition) is 0. The molecule has 1 saturated heterocycles. The number of hydrogen-bond acceptors (Lipinski definition) is 7. The summed E-state index contributed by atoms with van der Waals surface area (Å²) in [7, 11) is 0. The van der Waals surface area contributed by atoms with Crippen molar-refractivity contribution in [2.75, 3.05) is 13.2 Å². The molecule has 8 heteroatoms. The van der Waals surface area contributed by atoms with Crippen molar-refractivity contribution < 1.29 is 33.3 Å². The number of carbonyl (C=O) groups excluding carboxylic acids is 2. The maximum absolute atomic E-state index is 13.9. The van der Waals surface area contributed by atoms with Gasteiger partial charge in [-0.25, -0.2) is 4.79 Å². The Kier molecular flexibility index (Phi) is 12.4. The summed E-state index contributed by atoms with van der Waals surface area (Å²) in [4.78, 5) is 28.2. The van der Waals surface area contributed by atoms with Crippen molar-refractivity contribution in [2.24, 2.45) is 0 Å². The maximum atomic E-state index is 13.9. The lowest BCUT2D eigenvalue weighted by Gasteiger charge is -2.33. The van der Waals surface area contributed by atoms with Crippen LogP contribution in [0.25, 0.3) is 0 Å². The van der Waals surface area contributed by atoms with E-state index in [1.54, 1.807) is 11.8 Å². The van der Waals surface area contributed by atoms with Crippen LogP contribution in [0.1, 0.15) is 57.2 Å². The molecule has 8 nitrogen and oxygen atoms in total. The second kappa shape index (κ2) is 16.4. The fourth-order valence-corrected chi connectivity index (χ4v) is 5.38. The molecule has 1 fully saturated rings. The molecule has 0 saturated carbocycles. The third-order valence-corrected chi connectivity index (χ3v) is 7.32. The van der Waals surface area contributed by atoms with E-state index in [1.165, 1.54) is 0 Å². The molecule has 0 N–H and O–H groups in total. The summed E-state index contributed by atoms with van der Waals surface area (Å²) in [5.74, 6) is -0.330. The molecule has 0 radical (unpaired) electrons. The predicted octanol–water partition coefficient (Wildman–Crippen LogP) is 6.71. The molecule has 236 valence electrons. The summed E-state index contributed by atoms with van der Waals surface area (Å²) >= 11 is 0. The third-order valence-electron chi connectivity index (χ3n) is 7.32. The Balaban J connectivity index is 1.68. The van der Waals surface area contributed by atoms with E-state index in [4.69, 9.17) is 23.7 Å². The number of benzene rings is 3. The van der Waals surface area contributed by atoms with Gasteiger partial charge < -0.3 is 23.7 Å². The van der Waals surface area contributed by atoms with Crippen LogP contribution in [0.2, 0.25) is 0 Å². The molecule has 0 aliphatic carbocycles. The molecule has 3 aromatic rings.